The molecule has 0 bridgehead atoms. The van der Waals surface area contributed by atoms with Crippen LogP contribution in [0.15, 0.2) is 30.7 Å². The molecule has 1 amide bonds. The van der Waals surface area contributed by atoms with Gasteiger partial charge in [0.2, 0.25) is 0 Å². The van der Waals surface area contributed by atoms with Gasteiger partial charge in [-0.3, -0.25) is 4.79 Å². The van der Waals surface area contributed by atoms with Crippen LogP contribution in [-0.4, -0.2) is 53.5 Å². The molecule has 1 aromatic carbocycles. The number of amides is 1. The van der Waals surface area contributed by atoms with Gasteiger partial charge in [0, 0.05) is 37.2 Å². The minimum absolute atomic E-state index is 0.0509. The second-order valence-electron chi connectivity index (χ2n) is 8.28. The molecule has 174 valence electrons. The number of halogens is 2. The molecule has 5 rings (SSSR count). The van der Waals surface area contributed by atoms with Crippen molar-refractivity contribution < 1.29 is 27.8 Å². The summed E-state index contributed by atoms with van der Waals surface area (Å²) in [5.41, 5.74) is 2.70. The number of rotatable bonds is 7. The van der Waals surface area contributed by atoms with Crippen LogP contribution in [0.2, 0.25) is 0 Å². The minimum atomic E-state index is -3.10. The van der Waals surface area contributed by atoms with E-state index in [1.165, 1.54) is 13.2 Å². The fourth-order valence-corrected chi connectivity index (χ4v) is 4.14. The monoisotopic (exact) mass is 458 g/mol. The first-order valence-electron chi connectivity index (χ1n) is 10.9. The third-order valence-electron chi connectivity index (χ3n) is 6.02. The predicted octanol–water partition coefficient (Wildman–Crippen LogP) is 3.79. The largest absolute Gasteiger partial charge is 0.496 e. The third kappa shape index (κ3) is 4.47. The Labute approximate surface area is 188 Å². The van der Waals surface area contributed by atoms with Gasteiger partial charge in [-0.15, -0.1) is 0 Å². The molecule has 2 aromatic heterocycles. The Balaban J connectivity index is 1.54. The van der Waals surface area contributed by atoms with E-state index >= 15 is 0 Å². The molecule has 0 spiro atoms. The smallest absolute Gasteiger partial charge is 0.387 e. The van der Waals surface area contributed by atoms with E-state index < -0.39 is 12.5 Å². The molecule has 33 heavy (non-hydrogen) atoms. The highest BCUT2D eigenvalue weighted by Gasteiger charge is 2.29. The number of carbonyl (C=O) groups excluding carboxylic acids is 1. The maximum absolute atomic E-state index is 13.2. The quantitative estimate of drug-likeness (QED) is 0.580. The number of fused-ring (bicyclic) bond motifs is 1. The minimum Gasteiger partial charge on any atom is -0.496 e. The van der Waals surface area contributed by atoms with Crippen LogP contribution < -0.4 is 14.8 Å². The van der Waals surface area contributed by atoms with Gasteiger partial charge in [0.1, 0.15) is 17.1 Å². The van der Waals surface area contributed by atoms with E-state index in [9.17, 15) is 13.6 Å². The van der Waals surface area contributed by atoms with Crippen molar-refractivity contribution in [3.8, 4) is 22.6 Å². The maximum Gasteiger partial charge on any atom is 0.387 e. The Morgan fingerprint density at radius 2 is 1.94 bits per heavy atom. The molecule has 3 aromatic rings. The molecule has 3 heterocycles. The zero-order valence-electron chi connectivity index (χ0n) is 18.1. The van der Waals surface area contributed by atoms with E-state index in [-0.39, 0.29) is 23.1 Å². The molecule has 2 aliphatic rings. The maximum atomic E-state index is 13.2. The topological polar surface area (TPSA) is 87.0 Å². The number of hydrogen-bond donors (Lipinski definition) is 1. The SMILES string of the molecule is COc1cc(-c2cnn3cc(C4CCOCC4)cnc23)cc(OC(F)F)c1C(=O)NC1CC1. The van der Waals surface area contributed by atoms with Gasteiger partial charge in [-0.25, -0.2) is 9.50 Å². The van der Waals surface area contributed by atoms with Gasteiger partial charge >= 0.3 is 6.61 Å². The summed E-state index contributed by atoms with van der Waals surface area (Å²) in [5.74, 6) is -0.260. The molecular formula is C23H24F2N4O4. The Bertz CT molecular complexity index is 1170. The molecule has 1 aliphatic carbocycles. The molecule has 8 nitrogen and oxygen atoms in total. The summed E-state index contributed by atoms with van der Waals surface area (Å²) in [6.45, 7) is -1.65. The second kappa shape index (κ2) is 8.93. The summed E-state index contributed by atoms with van der Waals surface area (Å²) < 4.78 is 43.6. The number of nitrogens with one attached hydrogen (secondary N) is 1. The van der Waals surface area contributed by atoms with Gasteiger partial charge in [0.15, 0.2) is 5.65 Å². The lowest BCUT2D eigenvalue weighted by Gasteiger charge is -2.21. The van der Waals surface area contributed by atoms with E-state index in [0.717, 1.165) is 44.5 Å². The van der Waals surface area contributed by atoms with Gasteiger partial charge in [0.05, 0.1) is 13.3 Å². The molecule has 2 fully saturated rings. The highest BCUT2D eigenvalue weighted by molar-refractivity contribution is 6.01. The first-order valence-corrected chi connectivity index (χ1v) is 10.9. The van der Waals surface area contributed by atoms with Crippen molar-refractivity contribution in [1.29, 1.82) is 0 Å². The fraction of sp³-hybridized carbons (Fsp3) is 0.435. The lowest BCUT2D eigenvalue weighted by Crippen LogP contribution is -2.26. The molecular weight excluding hydrogens is 434 g/mol. The van der Waals surface area contributed by atoms with Crippen LogP contribution in [0.3, 0.4) is 0 Å². The summed E-state index contributed by atoms with van der Waals surface area (Å²) in [6.07, 6.45) is 8.95. The average molecular weight is 458 g/mol. The summed E-state index contributed by atoms with van der Waals surface area (Å²) in [6, 6.07) is 3.07. The summed E-state index contributed by atoms with van der Waals surface area (Å²) in [5, 5.41) is 7.21. The Hall–Kier alpha value is -3.27. The third-order valence-corrected chi connectivity index (χ3v) is 6.02. The molecule has 1 aliphatic heterocycles. The highest BCUT2D eigenvalue weighted by Crippen LogP contribution is 2.38. The predicted molar refractivity (Wildman–Crippen MR) is 115 cm³/mol. The highest BCUT2D eigenvalue weighted by atomic mass is 19.3. The molecule has 1 saturated heterocycles. The van der Waals surface area contributed by atoms with Crippen molar-refractivity contribution in [3.63, 3.8) is 0 Å². The lowest BCUT2D eigenvalue weighted by atomic mass is 9.94. The summed E-state index contributed by atoms with van der Waals surface area (Å²) in [4.78, 5) is 17.3. The van der Waals surface area contributed by atoms with Crippen molar-refractivity contribution in [1.82, 2.24) is 19.9 Å². The molecule has 0 radical (unpaired) electrons. The first-order chi connectivity index (χ1) is 16.0. The average Bonchev–Trinajstić information content (AvgIpc) is 3.53. The van der Waals surface area contributed by atoms with E-state index in [4.69, 9.17) is 14.2 Å². The van der Waals surface area contributed by atoms with E-state index in [2.05, 4.69) is 15.4 Å². The number of carbonyl (C=O) groups is 1. The van der Waals surface area contributed by atoms with E-state index in [1.807, 2.05) is 12.4 Å². The summed E-state index contributed by atoms with van der Waals surface area (Å²) >= 11 is 0. The van der Waals surface area contributed by atoms with Crippen LogP contribution in [-0.2, 0) is 4.74 Å². The zero-order valence-corrected chi connectivity index (χ0v) is 18.1. The molecule has 10 heteroatoms. The van der Waals surface area contributed by atoms with Crippen molar-refractivity contribution in [2.75, 3.05) is 20.3 Å². The van der Waals surface area contributed by atoms with Crippen molar-refractivity contribution in [3.05, 3.63) is 41.9 Å². The number of nitrogens with zero attached hydrogens (tertiary/aromatic N) is 3. The Morgan fingerprint density at radius 3 is 2.64 bits per heavy atom. The lowest BCUT2D eigenvalue weighted by molar-refractivity contribution is -0.0502. The van der Waals surface area contributed by atoms with Gasteiger partial charge in [-0.2, -0.15) is 13.9 Å². The second-order valence-corrected chi connectivity index (χ2v) is 8.28. The number of alkyl halides is 2. The number of methoxy groups -OCH3 is 1. The molecule has 1 N–H and O–H groups in total. The van der Waals surface area contributed by atoms with Gasteiger partial charge < -0.3 is 19.5 Å². The fourth-order valence-electron chi connectivity index (χ4n) is 4.14. The number of hydrogen-bond acceptors (Lipinski definition) is 6. The van der Waals surface area contributed by atoms with Gasteiger partial charge in [0.25, 0.3) is 5.91 Å². The van der Waals surface area contributed by atoms with Crippen molar-refractivity contribution >= 4 is 11.6 Å². The Morgan fingerprint density at radius 1 is 1.18 bits per heavy atom. The number of aromatic nitrogens is 3. The van der Waals surface area contributed by atoms with Crippen molar-refractivity contribution in [2.24, 2.45) is 0 Å². The van der Waals surface area contributed by atoms with E-state index in [1.54, 1.807) is 16.8 Å². The Kier molecular flexibility index (Phi) is 5.84. The van der Waals surface area contributed by atoms with E-state index in [0.29, 0.717) is 22.7 Å². The standard InChI is InChI=1S/C23H24F2N4O4/c1-31-18-8-14(9-19(33-23(24)25)20(18)22(30)28-16-2-3-16)17-11-27-29-12-15(10-26-21(17)29)13-4-6-32-7-5-13/h8-13,16,23H,2-7H2,1H3,(H,28,30). The van der Waals surface area contributed by atoms with Crippen LogP contribution in [0.4, 0.5) is 8.78 Å². The molecule has 0 unspecified atom stereocenters. The van der Waals surface area contributed by atoms with Crippen LogP contribution in [0.5, 0.6) is 11.5 Å². The van der Waals surface area contributed by atoms with Crippen molar-refractivity contribution in [2.45, 2.75) is 44.3 Å². The number of benzene rings is 1. The first kappa shape index (κ1) is 21.6. The summed E-state index contributed by atoms with van der Waals surface area (Å²) in [7, 11) is 1.38. The van der Waals surface area contributed by atoms with Gasteiger partial charge in [-0.05, 0) is 54.9 Å². The van der Waals surface area contributed by atoms with Crippen LogP contribution >= 0.6 is 0 Å². The zero-order chi connectivity index (χ0) is 22.9. The van der Waals surface area contributed by atoms with Gasteiger partial charge in [-0.1, -0.05) is 0 Å². The molecule has 0 atom stereocenters. The number of ether oxygens (including phenoxy) is 3. The normalized spacial score (nSPS) is 16.8. The molecule has 1 saturated carbocycles. The van der Waals surface area contributed by atoms with Crippen LogP contribution in [0, 0.1) is 0 Å². The van der Waals surface area contributed by atoms with Crippen LogP contribution in [0.25, 0.3) is 16.8 Å². The van der Waals surface area contributed by atoms with Crippen LogP contribution in [0.1, 0.15) is 47.5 Å².